The fourth-order valence-corrected chi connectivity index (χ4v) is 3.80. The van der Waals surface area contributed by atoms with Crippen molar-refractivity contribution in [1.29, 1.82) is 0 Å². The molecule has 0 saturated carbocycles. The van der Waals surface area contributed by atoms with Gasteiger partial charge in [-0.15, -0.1) is 0 Å². The van der Waals surface area contributed by atoms with Crippen LogP contribution in [0.3, 0.4) is 0 Å². The molecule has 1 saturated heterocycles. The number of nitrogens with zero attached hydrogens (tertiary/aromatic N) is 3. The van der Waals surface area contributed by atoms with Gasteiger partial charge in [-0.2, -0.15) is 0 Å². The number of pyridine rings is 1. The highest BCUT2D eigenvalue weighted by Gasteiger charge is 2.24. The molecule has 2 aromatic carbocycles. The number of benzene rings is 2. The SMILES string of the molecule is O=C(CCCc1ccccc1)N1CCN(C(=O)c2ccc(Oc3cccnc3)cc2)CC1. The van der Waals surface area contributed by atoms with Crippen molar-refractivity contribution in [1.82, 2.24) is 14.8 Å². The van der Waals surface area contributed by atoms with Crippen molar-refractivity contribution in [2.75, 3.05) is 26.2 Å². The molecule has 2 amide bonds. The average Bonchev–Trinajstić information content (AvgIpc) is 2.85. The van der Waals surface area contributed by atoms with Crippen molar-refractivity contribution in [2.45, 2.75) is 19.3 Å². The van der Waals surface area contributed by atoms with Gasteiger partial charge in [0, 0.05) is 44.4 Å². The first kappa shape index (κ1) is 21.6. The van der Waals surface area contributed by atoms with Crippen LogP contribution in [0.1, 0.15) is 28.8 Å². The van der Waals surface area contributed by atoms with Crippen molar-refractivity contribution in [3.05, 3.63) is 90.3 Å². The summed E-state index contributed by atoms with van der Waals surface area (Å²) in [6.45, 7) is 2.27. The van der Waals surface area contributed by atoms with Crippen LogP contribution >= 0.6 is 0 Å². The second-order valence-corrected chi connectivity index (χ2v) is 7.83. The van der Waals surface area contributed by atoms with Gasteiger partial charge in [0.2, 0.25) is 5.91 Å². The third-order valence-electron chi connectivity index (χ3n) is 5.59. The highest BCUT2D eigenvalue weighted by Crippen LogP contribution is 2.21. The summed E-state index contributed by atoms with van der Waals surface area (Å²) < 4.78 is 5.73. The molecule has 0 radical (unpaired) electrons. The van der Waals surface area contributed by atoms with Gasteiger partial charge in [-0.1, -0.05) is 30.3 Å². The van der Waals surface area contributed by atoms with Crippen LogP contribution in [-0.2, 0) is 11.2 Å². The molecule has 0 atom stereocenters. The highest BCUT2D eigenvalue weighted by molar-refractivity contribution is 5.94. The van der Waals surface area contributed by atoms with E-state index in [0.29, 0.717) is 49.7 Å². The van der Waals surface area contributed by atoms with E-state index < -0.39 is 0 Å². The number of aryl methyl sites for hydroxylation is 1. The number of carbonyl (C=O) groups is 2. The van der Waals surface area contributed by atoms with Crippen molar-refractivity contribution in [3.63, 3.8) is 0 Å². The number of rotatable bonds is 7. The van der Waals surface area contributed by atoms with Gasteiger partial charge in [0.05, 0.1) is 6.20 Å². The molecule has 164 valence electrons. The molecule has 6 nitrogen and oxygen atoms in total. The van der Waals surface area contributed by atoms with E-state index in [-0.39, 0.29) is 11.8 Å². The summed E-state index contributed by atoms with van der Waals surface area (Å²) in [6.07, 6.45) is 5.62. The van der Waals surface area contributed by atoms with Crippen LogP contribution in [0.25, 0.3) is 0 Å². The zero-order valence-electron chi connectivity index (χ0n) is 18.0. The van der Waals surface area contributed by atoms with E-state index in [1.165, 1.54) is 5.56 Å². The van der Waals surface area contributed by atoms with Crippen LogP contribution in [-0.4, -0.2) is 52.8 Å². The lowest BCUT2D eigenvalue weighted by Crippen LogP contribution is -2.50. The third-order valence-corrected chi connectivity index (χ3v) is 5.59. The molecular formula is C26H27N3O3. The lowest BCUT2D eigenvalue weighted by molar-refractivity contribution is -0.132. The van der Waals surface area contributed by atoms with Gasteiger partial charge in [0.15, 0.2) is 0 Å². The molecule has 0 unspecified atom stereocenters. The Morgan fingerprint density at radius 1 is 0.812 bits per heavy atom. The van der Waals surface area contributed by atoms with Crippen LogP contribution < -0.4 is 4.74 Å². The Kier molecular flexibility index (Phi) is 7.12. The molecule has 1 aliphatic heterocycles. The fourth-order valence-electron chi connectivity index (χ4n) is 3.80. The van der Waals surface area contributed by atoms with Gasteiger partial charge < -0.3 is 14.5 Å². The van der Waals surface area contributed by atoms with Gasteiger partial charge >= 0.3 is 0 Å². The summed E-state index contributed by atoms with van der Waals surface area (Å²) in [6, 6.07) is 21.0. The Morgan fingerprint density at radius 3 is 2.22 bits per heavy atom. The van der Waals surface area contributed by atoms with Crippen molar-refractivity contribution < 1.29 is 14.3 Å². The molecule has 3 aromatic rings. The largest absolute Gasteiger partial charge is 0.456 e. The van der Waals surface area contributed by atoms with E-state index in [1.807, 2.05) is 34.1 Å². The first-order chi connectivity index (χ1) is 15.7. The number of ether oxygens (including phenoxy) is 1. The number of aromatic nitrogens is 1. The lowest BCUT2D eigenvalue weighted by atomic mass is 10.1. The third kappa shape index (κ3) is 5.72. The number of hydrogen-bond donors (Lipinski definition) is 0. The minimum absolute atomic E-state index is 0.0193. The molecular weight excluding hydrogens is 402 g/mol. The van der Waals surface area contributed by atoms with E-state index in [1.54, 1.807) is 42.7 Å². The summed E-state index contributed by atoms with van der Waals surface area (Å²) in [7, 11) is 0. The van der Waals surface area contributed by atoms with Crippen LogP contribution in [0.2, 0.25) is 0 Å². The second kappa shape index (κ2) is 10.6. The Morgan fingerprint density at radius 2 is 1.53 bits per heavy atom. The van der Waals surface area contributed by atoms with Crippen molar-refractivity contribution in [3.8, 4) is 11.5 Å². The summed E-state index contributed by atoms with van der Waals surface area (Å²) in [5.41, 5.74) is 1.87. The topological polar surface area (TPSA) is 62.7 Å². The first-order valence-corrected chi connectivity index (χ1v) is 11.0. The van der Waals surface area contributed by atoms with Gasteiger partial charge in [-0.05, 0) is 54.8 Å². The molecule has 0 N–H and O–H groups in total. The number of carbonyl (C=O) groups excluding carboxylic acids is 2. The van der Waals surface area contributed by atoms with E-state index in [4.69, 9.17) is 4.74 Å². The van der Waals surface area contributed by atoms with Crippen LogP contribution in [0.15, 0.2) is 79.1 Å². The Bertz CT molecular complexity index is 1020. The van der Waals surface area contributed by atoms with Crippen LogP contribution in [0.5, 0.6) is 11.5 Å². The minimum Gasteiger partial charge on any atom is -0.456 e. The summed E-state index contributed by atoms with van der Waals surface area (Å²) >= 11 is 0. The number of amides is 2. The average molecular weight is 430 g/mol. The molecule has 1 aliphatic rings. The zero-order valence-corrected chi connectivity index (χ0v) is 18.0. The lowest BCUT2D eigenvalue weighted by Gasteiger charge is -2.35. The van der Waals surface area contributed by atoms with E-state index >= 15 is 0 Å². The predicted octanol–water partition coefficient (Wildman–Crippen LogP) is 4.18. The molecule has 1 aromatic heterocycles. The molecule has 0 spiro atoms. The Balaban J connectivity index is 1.23. The quantitative estimate of drug-likeness (QED) is 0.565. The maximum atomic E-state index is 12.8. The minimum atomic E-state index is -0.0193. The van der Waals surface area contributed by atoms with Gasteiger partial charge in [-0.3, -0.25) is 14.6 Å². The Hall–Kier alpha value is -3.67. The van der Waals surface area contributed by atoms with Gasteiger partial charge in [-0.25, -0.2) is 0 Å². The van der Waals surface area contributed by atoms with Crippen molar-refractivity contribution >= 4 is 11.8 Å². The standard InChI is InChI=1S/C26H27N3O3/c30-25(10-4-8-21-6-2-1-3-7-21)28-16-18-29(19-17-28)26(31)22-11-13-23(14-12-22)32-24-9-5-15-27-20-24/h1-3,5-7,9,11-15,20H,4,8,10,16-19H2. The van der Waals surface area contributed by atoms with Crippen molar-refractivity contribution in [2.24, 2.45) is 0 Å². The highest BCUT2D eigenvalue weighted by atomic mass is 16.5. The molecule has 1 fully saturated rings. The molecule has 4 rings (SSSR count). The van der Waals surface area contributed by atoms with Gasteiger partial charge in [0.25, 0.3) is 5.91 Å². The predicted molar refractivity (Wildman–Crippen MR) is 123 cm³/mol. The monoisotopic (exact) mass is 429 g/mol. The van der Waals surface area contributed by atoms with Crippen LogP contribution in [0, 0.1) is 0 Å². The molecule has 0 aliphatic carbocycles. The second-order valence-electron chi connectivity index (χ2n) is 7.83. The molecule has 6 heteroatoms. The first-order valence-electron chi connectivity index (χ1n) is 11.0. The summed E-state index contributed by atoms with van der Waals surface area (Å²) in [5, 5.41) is 0. The molecule has 32 heavy (non-hydrogen) atoms. The van der Waals surface area contributed by atoms with Crippen LogP contribution in [0.4, 0.5) is 0 Å². The number of hydrogen-bond acceptors (Lipinski definition) is 4. The molecule has 0 bridgehead atoms. The van der Waals surface area contributed by atoms with E-state index in [2.05, 4.69) is 17.1 Å². The molecule has 2 heterocycles. The maximum absolute atomic E-state index is 12.8. The van der Waals surface area contributed by atoms with E-state index in [9.17, 15) is 9.59 Å². The summed E-state index contributed by atoms with van der Waals surface area (Å²) in [5.74, 6) is 1.45. The normalized spacial score (nSPS) is 13.6. The van der Waals surface area contributed by atoms with Gasteiger partial charge in [0.1, 0.15) is 11.5 Å². The fraction of sp³-hybridized carbons (Fsp3) is 0.269. The summed E-state index contributed by atoms with van der Waals surface area (Å²) in [4.78, 5) is 33.1. The Labute approximate surface area is 188 Å². The van der Waals surface area contributed by atoms with E-state index in [0.717, 1.165) is 12.8 Å². The smallest absolute Gasteiger partial charge is 0.253 e. The zero-order chi connectivity index (χ0) is 22.2. The maximum Gasteiger partial charge on any atom is 0.253 e. The number of piperazine rings is 1.